The first-order valence-electron chi connectivity index (χ1n) is 10.1. The number of halogens is 1. The van der Waals surface area contributed by atoms with Crippen molar-refractivity contribution < 1.29 is 28.6 Å². The number of hydrogen-bond acceptors (Lipinski definition) is 8. The summed E-state index contributed by atoms with van der Waals surface area (Å²) in [6.07, 6.45) is 0.109. The molecule has 176 valence electrons. The lowest BCUT2D eigenvalue weighted by Gasteiger charge is -2.12. The summed E-state index contributed by atoms with van der Waals surface area (Å²) in [6, 6.07) is 4.25. The van der Waals surface area contributed by atoms with Gasteiger partial charge < -0.3 is 20.1 Å². The van der Waals surface area contributed by atoms with Gasteiger partial charge in [-0.05, 0) is 25.1 Å². The molecule has 0 bridgehead atoms. The molecule has 1 fully saturated rings. The van der Waals surface area contributed by atoms with E-state index in [0.717, 1.165) is 6.92 Å². The first-order valence-corrected chi connectivity index (χ1v) is 10.9. The molecule has 1 aliphatic heterocycles. The molecule has 4 rings (SSSR count). The number of carboxylic acid groups (broad SMARTS) is 1. The van der Waals surface area contributed by atoms with E-state index in [2.05, 4.69) is 25.5 Å². The average Bonchev–Trinajstić information content (AvgIpc) is 3.47. The maximum Gasteiger partial charge on any atom is 0.300 e. The van der Waals surface area contributed by atoms with Crippen LogP contribution in [0.4, 0.5) is 9.52 Å². The summed E-state index contributed by atoms with van der Waals surface area (Å²) in [7, 11) is 0. The molecule has 2 amide bonds. The van der Waals surface area contributed by atoms with Crippen LogP contribution < -0.4 is 10.2 Å². The highest BCUT2D eigenvalue weighted by molar-refractivity contribution is 7.15. The molecule has 1 atom stereocenters. The number of imidazole rings is 1. The number of amides is 2. The molecule has 1 aromatic carbocycles. The molecule has 0 spiro atoms. The Labute approximate surface area is 192 Å². The number of aromatic nitrogens is 4. The topological polar surface area (TPSA) is 150 Å². The van der Waals surface area contributed by atoms with Crippen molar-refractivity contribution >= 4 is 45.3 Å². The lowest BCUT2D eigenvalue weighted by Crippen LogP contribution is -2.32. The van der Waals surface area contributed by atoms with Crippen LogP contribution in [-0.4, -0.2) is 56.2 Å². The van der Waals surface area contributed by atoms with Gasteiger partial charge in [-0.15, -0.1) is 10.2 Å². The Balaban J connectivity index is 0.000000709. The summed E-state index contributed by atoms with van der Waals surface area (Å²) in [6.45, 7) is 4.30. The number of nitrogens with one attached hydrogen (secondary N) is 2. The van der Waals surface area contributed by atoms with Crippen LogP contribution in [0.2, 0.25) is 0 Å². The first kappa shape index (κ1) is 24.2. The number of carboxylic acids is 1. The number of ether oxygens (including phenoxy) is 1. The summed E-state index contributed by atoms with van der Waals surface area (Å²) >= 11 is 1.28. The van der Waals surface area contributed by atoms with E-state index in [0.29, 0.717) is 40.2 Å². The molecule has 1 aliphatic rings. The van der Waals surface area contributed by atoms with E-state index in [1.807, 2.05) is 6.92 Å². The molecule has 3 heterocycles. The first-order chi connectivity index (χ1) is 15.8. The molecule has 0 radical (unpaired) electrons. The van der Waals surface area contributed by atoms with E-state index >= 15 is 0 Å². The zero-order chi connectivity index (χ0) is 24.0. The Bertz CT molecular complexity index is 1150. The number of hydrogen-bond donors (Lipinski definition) is 3. The Hall–Kier alpha value is -3.45. The summed E-state index contributed by atoms with van der Waals surface area (Å²) < 4.78 is 18.6. The molecule has 2 aromatic heterocycles. The van der Waals surface area contributed by atoms with Crippen molar-refractivity contribution in [2.45, 2.75) is 33.4 Å². The van der Waals surface area contributed by atoms with Gasteiger partial charge >= 0.3 is 0 Å². The van der Waals surface area contributed by atoms with Crippen molar-refractivity contribution in [3.05, 3.63) is 34.8 Å². The fraction of sp³-hybridized carbons (Fsp3) is 0.400. The fourth-order valence-electron chi connectivity index (χ4n) is 3.10. The molecule has 3 N–H and O–H groups in total. The molecule has 11 nitrogen and oxygen atoms in total. The molecule has 0 saturated carbocycles. The third-order valence-electron chi connectivity index (χ3n) is 4.54. The number of benzene rings is 1. The van der Waals surface area contributed by atoms with E-state index in [-0.39, 0.29) is 37.1 Å². The summed E-state index contributed by atoms with van der Waals surface area (Å²) in [4.78, 5) is 42.6. The van der Waals surface area contributed by atoms with Crippen LogP contribution in [0.1, 0.15) is 31.1 Å². The van der Waals surface area contributed by atoms with Crippen LogP contribution in [0.15, 0.2) is 18.2 Å². The van der Waals surface area contributed by atoms with E-state index in [1.165, 1.54) is 28.4 Å². The number of carbonyl (C=O) groups is 3. The molecular weight excluding hydrogens is 455 g/mol. The monoisotopic (exact) mass is 478 g/mol. The van der Waals surface area contributed by atoms with Gasteiger partial charge in [0, 0.05) is 26.5 Å². The van der Waals surface area contributed by atoms with E-state index in [1.54, 1.807) is 6.07 Å². The minimum absolute atomic E-state index is 0.109. The lowest BCUT2D eigenvalue weighted by atomic mass is 10.1. The number of aliphatic carboxylic acids is 1. The van der Waals surface area contributed by atoms with Crippen molar-refractivity contribution in [3.63, 3.8) is 0 Å². The summed E-state index contributed by atoms with van der Waals surface area (Å²) in [5, 5.41) is 19.4. The van der Waals surface area contributed by atoms with Crippen molar-refractivity contribution in [3.8, 4) is 0 Å². The standard InChI is InChI=1S/C18H19FN6O3S.C2H4O2/c1-2-28-9-15-23-24-18(29-15)25-8-10(5-16(25)26)17(27)20-7-14-21-12-4-3-11(19)6-13(12)22-14;1-2(3)4/h3-4,6,10H,2,5,7-9H2,1H3,(H,20,27)(H,21,22);1H3,(H,3,4). The third kappa shape index (κ3) is 6.52. The number of fused-ring (bicyclic) bond motifs is 1. The molecular formula is C20H23FN6O5S. The maximum atomic E-state index is 13.3. The highest BCUT2D eigenvalue weighted by atomic mass is 32.1. The zero-order valence-corrected chi connectivity index (χ0v) is 18.8. The number of H-pyrrole nitrogens is 1. The highest BCUT2D eigenvalue weighted by Crippen LogP contribution is 2.28. The second-order valence-corrected chi connectivity index (χ2v) is 8.14. The fourth-order valence-corrected chi connectivity index (χ4v) is 3.91. The maximum absolute atomic E-state index is 13.3. The molecule has 3 aromatic rings. The van der Waals surface area contributed by atoms with Crippen LogP contribution in [0.25, 0.3) is 11.0 Å². The van der Waals surface area contributed by atoms with Crippen LogP contribution in [0.5, 0.6) is 0 Å². The number of anilines is 1. The van der Waals surface area contributed by atoms with Gasteiger partial charge in [0.15, 0.2) is 0 Å². The van der Waals surface area contributed by atoms with E-state index in [4.69, 9.17) is 14.6 Å². The van der Waals surface area contributed by atoms with Crippen molar-refractivity contribution in [1.82, 2.24) is 25.5 Å². The van der Waals surface area contributed by atoms with Gasteiger partial charge in [0.05, 0.1) is 23.5 Å². The third-order valence-corrected chi connectivity index (χ3v) is 5.46. The normalized spacial score (nSPS) is 15.4. The minimum atomic E-state index is -0.833. The van der Waals surface area contributed by atoms with Gasteiger partial charge in [0.2, 0.25) is 16.9 Å². The predicted octanol–water partition coefficient (Wildman–Crippen LogP) is 1.85. The van der Waals surface area contributed by atoms with Gasteiger partial charge in [-0.3, -0.25) is 19.3 Å². The Morgan fingerprint density at radius 3 is 2.88 bits per heavy atom. The smallest absolute Gasteiger partial charge is 0.300 e. The van der Waals surface area contributed by atoms with Crippen LogP contribution in [0.3, 0.4) is 0 Å². The second-order valence-electron chi connectivity index (χ2n) is 7.10. The molecule has 1 unspecified atom stereocenters. The number of rotatable bonds is 7. The quantitative estimate of drug-likeness (QED) is 0.466. The second kappa shape index (κ2) is 10.9. The summed E-state index contributed by atoms with van der Waals surface area (Å²) in [5.74, 6) is -1.56. The van der Waals surface area contributed by atoms with Gasteiger partial charge in [-0.1, -0.05) is 11.3 Å². The molecule has 1 saturated heterocycles. The minimum Gasteiger partial charge on any atom is -0.481 e. The van der Waals surface area contributed by atoms with Crippen molar-refractivity contribution in [2.75, 3.05) is 18.1 Å². The highest BCUT2D eigenvalue weighted by Gasteiger charge is 2.36. The molecule has 0 aliphatic carbocycles. The van der Waals surface area contributed by atoms with Crippen molar-refractivity contribution in [1.29, 1.82) is 0 Å². The largest absolute Gasteiger partial charge is 0.481 e. The SMILES string of the molecule is CC(=O)O.CCOCc1nnc(N2CC(C(=O)NCc3nc4ccc(F)cc4[nH]3)CC2=O)s1. The lowest BCUT2D eigenvalue weighted by molar-refractivity contribution is -0.134. The summed E-state index contributed by atoms with van der Waals surface area (Å²) in [5.41, 5.74) is 1.19. The molecule has 13 heteroatoms. The van der Waals surface area contributed by atoms with Crippen LogP contribution in [0, 0.1) is 11.7 Å². The van der Waals surface area contributed by atoms with Crippen molar-refractivity contribution in [2.24, 2.45) is 5.92 Å². The Morgan fingerprint density at radius 2 is 2.15 bits per heavy atom. The van der Waals surface area contributed by atoms with Crippen LogP contribution >= 0.6 is 11.3 Å². The number of aromatic amines is 1. The van der Waals surface area contributed by atoms with Crippen LogP contribution in [-0.2, 0) is 32.3 Å². The molecule has 33 heavy (non-hydrogen) atoms. The number of carbonyl (C=O) groups excluding carboxylic acids is 2. The van der Waals surface area contributed by atoms with Gasteiger partial charge in [0.25, 0.3) is 5.97 Å². The number of nitrogens with zero attached hydrogens (tertiary/aromatic N) is 4. The Morgan fingerprint density at radius 1 is 1.39 bits per heavy atom. The average molecular weight is 479 g/mol. The van der Waals surface area contributed by atoms with E-state index < -0.39 is 11.9 Å². The zero-order valence-electron chi connectivity index (χ0n) is 18.0. The van der Waals surface area contributed by atoms with Gasteiger partial charge in [-0.2, -0.15) is 0 Å². The van der Waals surface area contributed by atoms with E-state index in [9.17, 15) is 14.0 Å². The predicted molar refractivity (Wildman–Crippen MR) is 117 cm³/mol. The van der Waals surface area contributed by atoms with Gasteiger partial charge in [-0.25, -0.2) is 9.37 Å². The van der Waals surface area contributed by atoms with Gasteiger partial charge in [0.1, 0.15) is 23.3 Å². The Kier molecular flexibility index (Phi) is 8.01.